The summed E-state index contributed by atoms with van der Waals surface area (Å²) in [5.41, 5.74) is 8.64. The van der Waals surface area contributed by atoms with Gasteiger partial charge in [-0.1, -0.05) is 11.2 Å². The lowest BCUT2D eigenvalue weighted by Crippen LogP contribution is -2.01. The maximum Gasteiger partial charge on any atom is 0.165 e. The molecule has 0 fully saturated rings. The lowest BCUT2D eigenvalue weighted by molar-refractivity contribution is 0.267. The number of rotatable bonds is 4. The molecule has 0 saturated carbocycles. The van der Waals surface area contributed by atoms with Crippen molar-refractivity contribution in [2.75, 3.05) is 13.7 Å². The number of benzene rings is 1. The summed E-state index contributed by atoms with van der Waals surface area (Å²) in [6.07, 6.45) is 0. The summed E-state index contributed by atoms with van der Waals surface area (Å²) in [7, 11) is 1.36. The Morgan fingerprint density at radius 2 is 2.40 bits per heavy atom. The predicted octanol–water partition coefficient (Wildman–Crippen LogP) is 2.18. The van der Waals surface area contributed by atoms with Crippen molar-refractivity contribution in [2.45, 2.75) is 6.04 Å². The number of hydrogen-bond acceptors (Lipinski definition) is 3. The Morgan fingerprint density at radius 3 is 2.87 bits per heavy atom. The third kappa shape index (κ3) is 2.59. The molecule has 0 amide bonds. The van der Waals surface area contributed by atoms with Crippen molar-refractivity contribution >= 4 is 0 Å². The fourth-order valence-corrected chi connectivity index (χ4v) is 1.16. The second-order valence-corrected chi connectivity index (χ2v) is 2.80. The average Bonchev–Trinajstić information content (AvgIpc) is 2.25. The first-order valence-electron chi connectivity index (χ1n) is 4.21. The molecule has 15 heavy (non-hydrogen) atoms. The van der Waals surface area contributed by atoms with Gasteiger partial charge in [0, 0.05) is 4.91 Å². The number of methoxy groups -OCH3 is 1. The standard InChI is InChI=1S/C9H10FN3O2/c1-15-9-3-2-6(4-7(9)10)8(5-14)12-13-11/h2-4,8,14H,5H2,1H3. The first-order valence-corrected chi connectivity index (χ1v) is 4.21. The minimum Gasteiger partial charge on any atom is -0.494 e. The van der Waals surface area contributed by atoms with E-state index in [9.17, 15) is 4.39 Å². The molecule has 0 aliphatic heterocycles. The summed E-state index contributed by atoms with van der Waals surface area (Å²) in [4.78, 5) is 2.57. The molecule has 0 heterocycles. The number of nitrogens with zero attached hydrogens (tertiary/aromatic N) is 3. The molecule has 0 aromatic heterocycles. The highest BCUT2D eigenvalue weighted by Gasteiger charge is 2.11. The van der Waals surface area contributed by atoms with E-state index in [1.807, 2.05) is 0 Å². The van der Waals surface area contributed by atoms with Gasteiger partial charge >= 0.3 is 0 Å². The van der Waals surface area contributed by atoms with Gasteiger partial charge in [0.15, 0.2) is 11.6 Å². The Morgan fingerprint density at radius 1 is 1.67 bits per heavy atom. The Balaban J connectivity index is 3.04. The Hall–Kier alpha value is -1.78. The van der Waals surface area contributed by atoms with Crippen LogP contribution in [-0.2, 0) is 0 Å². The van der Waals surface area contributed by atoms with Crippen molar-refractivity contribution in [3.8, 4) is 5.75 Å². The topological polar surface area (TPSA) is 78.2 Å². The smallest absolute Gasteiger partial charge is 0.165 e. The molecule has 0 spiro atoms. The third-order valence-electron chi connectivity index (χ3n) is 1.92. The first-order chi connectivity index (χ1) is 7.22. The molecule has 6 heteroatoms. The highest BCUT2D eigenvalue weighted by Crippen LogP contribution is 2.23. The lowest BCUT2D eigenvalue weighted by Gasteiger charge is -2.09. The maximum absolute atomic E-state index is 13.2. The van der Waals surface area contributed by atoms with Crippen molar-refractivity contribution in [1.29, 1.82) is 0 Å². The number of ether oxygens (including phenoxy) is 1. The van der Waals surface area contributed by atoms with Gasteiger partial charge in [0.2, 0.25) is 0 Å². The van der Waals surface area contributed by atoms with Crippen LogP contribution < -0.4 is 4.74 Å². The van der Waals surface area contributed by atoms with E-state index >= 15 is 0 Å². The average molecular weight is 211 g/mol. The molecule has 0 aliphatic rings. The van der Waals surface area contributed by atoms with Crippen LogP contribution in [0.3, 0.4) is 0 Å². The molecule has 0 aliphatic carbocycles. The van der Waals surface area contributed by atoms with Gasteiger partial charge in [-0.15, -0.1) is 0 Å². The van der Waals surface area contributed by atoms with Crippen LogP contribution in [0.2, 0.25) is 0 Å². The zero-order valence-corrected chi connectivity index (χ0v) is 8.09. The van der Waals surface area contributed by atoms with Crippen LogP contribution in [0.5, 0.6) is 5.75 Å². The molecule has 0 bridgehead atoms. The van der Waals surface area contributed by atoms with E-state index in [0.717, 1.165) is 0 Å². The van der Waals surface area contributed by atoms with Crippen molar-refractivity contribution in [2.24, 2.45) is 5.11 Å². The molecule has 0 saturated heterocycles. The van der Waals surface area contributed by atoms with Crippen LogP contribution in [0.25, 0.3) is 10.4 Å². The van der Waals surface area contributed by atoms with Crippen molar-refractivity contribution in [3.05, 3.63) is 40.0 Å². The van der Waals surface area contributed by atoms with Gasteiger partial charge in [-0.2, -0.15) is 0 Å². The van der Waals surface area contributed by atoms with E-state index in [1.165, 1.54) is 25.3 Å². The fourth-order valence-electron chi connectivity index (χ4n) is 1.16. The van der Waals surface area contributed by atoms with Gasteiger partial charge in [0.1, 0.15) is 0 Å². The Labute approximate surface area is 85.7 Å². The largest absolute Gasteiger partial charge is 0.494 e. The molecule has 1 aromatic rings. The lowest BCUT2D eigenvalue weighted by atomic mass is 10.1. The van der Waals surface area contributed by atoms with Gasteiger partial charge in [-0.05, 0) is 23.2 Å². The molecular formula is C9H10FN3O2. The Bertz CT molecular complexity index is 391. The molecule has 5 nitrogen and oxygen atoms in total. The first kappa shape index (κ1) is 11.3. The van der Waals surface area contributed by atoms with Gasteiger partial charge in [0.05, 0.1) is 19.8 Å². The van der Waals surface area contributed by atoms with Gasteiger partial charge in [-0.3, -0.25) is 0 Å². The molecule has 80 valence electrons. The van der Waals surface area contributed by atoms with Gasteiger partial charge in [0.25, 0.3) is 0 Å². The molecule has 1 rings (SSSR count). The van der Waals surface area contributed by atoms with Crippen LogP contribution in [-0.4, -0.2) is 18.8 Å². The zero-order chi connectivity index (χ0) is 11.3. The van der Waals surface area contributed by atoms with Crippen LogP contribution in [0, 0.1) is 5.82 Å². The number of halogens is 1. The minimum atomic E-state index is -0.768. The summed E-state index contributed by atoms with van der Waals surface area (Å²) < 4.78 is 18.0. The van der Waals surface area contributed by atoms with Crippen molar-refractivity contribution in [3.63, 3.8) is 0 Å². The second kappa shape index (κ2) is 5.19. The van der Waals surface area contributed by atoms with E-state index in [0.29, 0.717) is 5.56 Å². The molecule has 0 radical (unpaired) electrons. The summed E-state index contributed by atoms with van der Waals surface area (Å²) in [5.74, 6) is -0.446. The molecule has 1 atom stereocenters. The van der Waals surface area contributed by atoms with Crippen molar-refractivity contribution < 1.29 is 14.2 Å². The van der Waals surface area contributed by atoms with E-state index in [-0.39, 0.29) is 12.4 Å². The third-order valence-corrected chi connectivity index (χ3v) is 1.92. The van der Waals surface area contributed by atoms with Gasteiger partial charge in [-0.25, -0.2) is 4.39 Å². The number of aliphatic hydroxyl groups excluding tert-OH is 1. The van der Waals surface area contributed by atoms with Crippen LogP contribution >= 0.6 is 0 Å². The maximum atomic E-state index is 13.2. The van der Waals surface area contributed by atoms with Crippen LogP contribution in [0.15, 0.2) is 23.3 Å². The monoisotopic (exact) mass is 211 g/mol. The summed E-state index contributed by atoms with van der Waals surface area (Å²) in [5, 5.41) is 12.2. The Kier molecular flexibility index (Phi) is 3.91. The second-order valence-electron chi connectivity index (χ2n) is 2.80. The quantitative estimate of drug-likeness (QED) is 0.470. The molecule has 1 N–H and O–H groups in total. The van der Waals surface area contributed by atoms with Crippen molar-refractivity contribution in [1.82, 2.24) is 0 Å². The van der Waals surface area contributed by atoms with Gasteiger partial charge < -0.3 is 9.84 Å². The van der Waals surface area contributed by atoms with E-state index in [2.05, 4.69) is 10.0 Å². The zero-order valence-electron chi connectivity index (χ0n) is 8.09. The SMILES string of the molecule is COc1ccc(C(CO)N=[N+]=[N-])cc1F. The van der Waals surface area contributed by atoms with E-state index in [1.54, 1.807) is 0 Å². The van der Waals surface area contributed by atoms with Crippen LogP contribution in [0.1, 0.15) is 11.6 Å². The number of hydrogen-bond donors (Lipinski definition) is 1. The molecule has 1 unspecified atom stereocenters. The van der Waals surface area contributed by atoms with E-state index in [4.69, 9.17) is 15.4 Å². The van der Waals surface area contributed by atoms with E-state index < -0.39 is 11.9 Å². The number of aliphatic hydroxyl groups is 1. The number of azide groups is 1. The molecular weight excluding hydrogens is 201 g/mol. The highest BCUT2D eigenvalue weighted by molar-refractivity contribution is 5.31. The summed E-state index contributed by atoms with van der Waals surface area (Å²) in [6.45, 7) is -0.365. The molecule has 1 aromatic carbocycles. The predicted molar refractivity (Wildman–Crippen MR) is 51.9 cm³/mol. The summed E-state index contributed by atoms with van der Waals surface area (Å²) in [6, 6.07) is 3.36. The fraction of sp³-hybridized carbons (Fsp3) is 0.333. The normalized spacial score (nSPS) is 11.7. The summed E-state index contributed by atoms with van der Waals surface area (Å²) >= 11 is 0. The minimum absolute atomic E-state index is 0.108. The highest BCUT2D eigenvalue weighted by atomic mass is 19.1. The van der Waals surface area contributed by atoms with Crippen LogP contribution in [0.4, 0.5) is 4.39 Å².